The normalized spacial score (nSPS) is 14.8. The number of fused-ring (bicyclic) bond motifs is 3. The maximum absolute atomic E-state index is 2.99. The van der Waals surface area contributed by atoms with Gasteiger partial charge in [-0.1, -0.05) is 35.4 Å². The minimum atomic E-state index is 1.01. The molecule has 0 nitrogen and oxygen atoms in total. The van der Waals surface area contributed by atoms with Crippen LogP contribution in [0.3, 0.4) is 0 Å². The van der Waals surface area contributed by atoms with Gasteiger partial charge in [-0.3, -0.25) is 6.08 Å². The maximum atomic E-state index is 2.99. The van der Waals surface area contributed by atoms with Crippen molar-refractivity contribution in [2.45, 2.75) is 39.5 Å². The first-order chi connectivity index (χ1) is 12.1. The second-order valence-electron chi connectivity index (χ2n) is 6.79. The third-order valence-electron chi connectivity index (χ3n) is 4.56. The summed E-state index contributed by atoms with van der Waals surface area (Å²) in [6, 6.07) is 15.6. The summed E-state index contributed by atoms with van der Waals surface area (Å²) in [5.74, 6) is 0. The van der Waals surface area contributed by atoms with Gasteiger partial charge in [-0.15, -0.1) is 46.2 Å². The summed E-state index contributed by atoms with van der Waals surface area (Å²) in [7, 11) is 0. The Morgan fingerprint density at radius 1 is 0.920 bits per heavy atom. The second-order valence-corrected chi connectivity index (χ2v) is 8.52. The first kappa shape index (κ1) is 18.3. The molecule has 0 radical (unpaired) electrons. The SMILES string of the molecule is Cc1ccc2[cH-]c3ccc(C)cc3c2c1.[C-]1=CC=CC1.[Zr+2]=[C]1CCC1. The van der Waals surface area contributed by atoms with E-state index >= 15 is 0 Å². The summed E-state index contributed by atoms with van der Waals surface area (Å²) >= 11 is 1.67. The fourth-order valence-corrected chi connectivity index (χ4v) is 3.79. The van der Waals surface area contributed by atoms with E-state index in [1.807, 2.05) is 12.2 Å². The van der Waals surface area contributed by atoms with Crippen LogP contribution in [0.5, 0.6) is 0 Å². The summed E-state index contributed by atoms with van der Waals surface area (Å²) in [6.07, 6.45) is 14.4. The number of aryl methyl sites for hydroxylation is 2. The van der Waals surface area contributed by atoms with E-state index in [1.54, 1.807) is 27.4 Å². The summed E-state index contributed by atoms with van der Waals surface area (Å²) in [5, 5.41) is 5.46. The zero-order chi connectivity index (χ0) is 17.6. The fourth-order valence-electron chi connectivity index (χ4n) is 2.92. The number of benzene rings is 2. The topological polar surface area (TPSA) is 0 Å². The predicted octanol–water partition coefficient (Wildman–Crippen LogP) is 6.52. The van der Waals surface area contributed by atoms with Crippen molar-refractivity contribution >= 4 is 24.8 Å². The van der Waals surface area contributed by atoms with Crippen molar-refractivity contribution in [3.8, 4) is 0 Å². The second kappa shape index (κ2) is 8.77. The molecule has 0 N–H and O–H groups in total. The summed E-state index contributed by atoms with van der Waals surface area (Å²) in [5.41, 5.74) is 2.66. The molecule has 0 saturated heterocycles. The van der Waals surface area contributed by atoms with E-state index in [1.165, 1.54) is 51.9 Å². The molecule has 0 amide bonds. The molecular weight excluding hydrogens is 379 g/mol. The van der Waals surface area contributed by atoms with Gasteiger partial charge in [0.1, 0.15) is 0 Å². The van der Waals surface area contributed by atoms with Crippen LogP contribution in [-0.2, 0) is 24.2 Å². The van der Waals surface area contributed by atoms with Crippen LogP contribution < -0.4 is 0 Å². The van der Waals surface area contributed by atoms with Crippen LogP contribution in [0.4, 0.5) is 0 Å². The Balaban J connectivity index is 0.000000148. The van der Waals surface area contributed by atoms with Gasteiger partial charge in [0.2, 0.25) is 0 Å². The molecule has 1 fully saturated rings. The molecule has 124 valence electrons. The van der Waals surface area contributed by atoms with Crippen molar-refractivity contribution in [3.63, 3.8) is 0 Å². The van der Waals surface area contributed by atoms with E-state index in [0.29, 0.717) is 0 Å². The van der Waals surface area contributed by atoms with Crippen LogP contribution >= 0.6 is 0 Å². The van der Waals surface area contributed by atoms with Gasteiger partial charge in [0.15, 0.2) is 0 Å². The Labute approximate surface area is 165 Å². The number of rotatable bonds is 0. The van der Waals surface area contributed by atoms with Crippen molar-refractivity contribution in [2.24, 2.45) is 0 Å². The molecule has 3 aromatic carbocycles. The summed E-state index contributed by atoms with van der Waals surface area (Å²) in [6.45, 7) is 4.29. The molecular formula is C24H24Zr. The molecule has 0 spiro atoms. The van der Waals surface area contributed by atoms with Crippen LogP contribution in [0.1, 0.15) is 36.8 Å². The van der Waals surface area contributed by atoms with Crippen LogP contribution in [-0.4, -0.2) is 3.21 Å². The molecule has 5 rings (SSSR count). The molecule has 0 atom stereocenters. The Morgan fingerprint density at radius 3 is 1.80 bits per heavy atom. The number of hydrogen-bond acceptors (Lipinski definition) is 0. The van der Waals surface area contributed by atoms with Crippen molar-refractivity contribution in [1.82, 2.24) is 0 Å². The van der Waals surface area contributed by atoms with Gasteiger partial charge in [-0.05, 0) is 13.8 Å². The van der Waals surface area contributed by atoms with Gasteiger partial charge < -0.3 is 0 Å². The van der Waals surface area contributed by atoms with Crippen LogP contribution in [0.15, 0.2) is 60.7 Å². The van der Waals surface area contributed by atoms with E-state index < -0.39 is 0 Å². The number of hydrogen-bond donors (Lipinski definition) is 0. The predicted molar refractivity (Wildman–Crippen MR) is 107 cm³/mol. The average molecular weight is 404 g/mol. The van der Waals surface area contributed by atoms with Gasteiger partial charge in [0.05, 0.1) is 0 Å². The molecule has 1 saturated carbocycles. The van der Waals surface area contributed by atoms with Crippen molar-refractivity contribution < 1.29 is 24.2 Å². The van der Waals surface area contributed by atoms with Gasteiger partial charge in [-0.25, -0.2) is 12.2 Å². The molecule has 1 heteroatoms. The molecule has 2 aliphatic rings. The van der Waals surface area contributed by atoms with Gasteiger partial charge in [-0.2, -0.15) is 6.08 Å². The van der Waals surface area contributed by atoms with Gasteiger partial charge in [0, 0.05) is 0 Å². The molecule has 0 heterocycles. The Kier molecular flexibility index (Phi) is 6.43. The van der Waals surface area contributed by atoms with Gasteiger partial charge >= 0.3 is 46.7 Å². The molecule has 0 aliphatic heterocycles. The Hall–Kier alpha value is -1.46. The summed E-state index contributed by atoms with van der Waals surface area (Å²) in [4.78, 5) is 0. The standard InChI is InChI=1S/C15H13.C5H5.C4H6.Zr/c1-10-3-5-12-9-13-6-4-11(2)8-15(13)14(12)7-10;1-2-4-5-3-1;1-2-4-3-1;/h3-9H,1-2H3;1-3H,4H2;1-3H2;/q2*-1;;+2. The third kappa shape index (κ3) is 5.02. The molecule has 0 aromatic heterocycles. The fraction of sp³-hybridized carbons (Fsp3) is 0.250. The number of allylic oxidation sites excluding steroid dienone is 4. The minimum absolute atomic E-state index is 1.01. The van der Waals surface area contributed by atoms with E-state index in [4.69, 9.17) is 0 Å². The zero-order valence-electron chi connectivity index (χ0n) is 15.1. The van der Waals surface area contributed by atoms with Crippen molar-refractivity contribution in [1.29, 1.82) is 0 Å². The molecule has 25 heavy (non-hydrogen) atoms. The summed E-state index contributed by atoms with van der Waals surface area (Å²) < 4.78 is 1.78. The van der Waals surface area contributed by atoms with Crippen LogP contribution in [0.2, 0.25) is 0 Å². The molecule has 0 bridgehead atoms. The zero-order valence-corrected chi connectivity index (χ0v) is 17.6. The molecule has 0 unspecified atom stereocenters. The first-order valence-electron chi connectivity index (χ1n) is 8.98. The molecule has 3 aromatic rings. The first-order valence-corrected chi connectivity index (χ1v) is 10.2. The third-order valence-corrected chi connectivity index (χ3v) is 5.79. The monoisotopic (exact) mass is 402 g/mol. The van der Waals surface area contributed by atoms with E-state index in [9.17, 15) is 0 Å². The van der Waals surface area contributed by atoms with E-state index in [2.05, 4.69) is 68.5 Å². The average Bonchev–Trinajstić information content (AvgIpc) is 3.25. The van der Waals surface area contributed by atoms with E-state index in [0.717, 1.165) is 6.42 Å². The van der Waals surface area contributed by atoms with Gasteiger partial charge in [0.25, 0.3) is 0 Å². The Bertz CT molecular complexity index is 865. The quantitative estimate of drug-likeness (QED) is 0.375. The Morgan fingerprint density at radius 2 is 1.48 bits per heavy atom. The van der Waals surface area contributed by atoms with Crippen LogP contribution in [0, 0.1) is 19.9 Å². The van der Waals surface area contributed by atoms with Crippen molar-refractivity contribution in [2.75, 3.05) is 0 Å². The van der Waals surface area contributed by atoms with Crippen LogP contribution in [0.25, 0.3) is 21.5 Å². The molecule has 2 aliphatic carbocycles. The van der Waals surface area contributed by atoms with Crippen molar-refractivity contribution in [3.05, 3.63) is 77.9 Å². The van der Waals surface area contributed by atoms with E-state index in [-0.39, 0.29) is 0 Å².